The number of methoxy groups -OCH3 is 1. The van der Waals surface area contributed by atoms with Crippen LogP contribution in [0.2, 0.25) is 0 Å². The molecule has 3 nitrogen and oxygen atoms in total. The Kier molecular flexibility index (Phi) is 2.06. The lowest BCUT2D eigenvalue weighted by Crippen LogP contribution is -2.30. The molecule has 0 fully saturated rings. The molecule has 1 aliphatic carbocycles. The quantitative estimate of drug-likeness (QED) is 0.629. The van der Waals surface area contributed by atoms with Crippen LogP contribution in [0, 0.1) is 0 Å². The van der Waals surface area contributed by atoms with Crippen molar-refractivity contribution in [1.29, 1.82) is 0 Å². The summed E-state index contributed by atoms with van der Waals surface area (Å²) in [5.41, 5.74) is -0.683. The van der Waals surface area contributed by atoms with Crippen LogP contribution < -0.4 is 0 Å². The zero-order valence-corrected chi connectivity index (χ0v) is 7.42. The summed E-state index contributed by atoms with van der Waals surface area (Å²) in [6, 6.07) is 0. The fourth-order valence-corrected chi connectivity index (χ4v) is 1.29. The molecule has 3 heteroatoms. The molecule has 0 amide bonds. The lowest BCUT2D eigenvalue weighted by atomic mass is 9.92. The number of carbonyl (C=O) groups excluding carboxylic acids is 1. The second kappa shape index (κ2) is 2.75. The largest absolute Gasteiger partial charge is 0.497 e. The number of ketones is 1. The van der Waals surface area contributed by atoms with Crippen LogP contribution in [0.1, 0.15) is 13.8 Å². The standard InChI is InChI=1S/C9H12O3/c1-6-7(10)4-5-9(2,11)8(6)12-3/h4-5,11H,1-3H3. The predicted molar refractivity (Wildman–Crippen MR) is 44.5 cm³/mol. The summed E-state index contributed by atoms with van der Waals surface area (Å²) in [5.74, 6) is 0.216. The minimum absolute atomic E-state index is 0.113. The first-order chi connectivity index (χ1) is 5.49. The normalized spacial score (nSPS) is 29.5. The lowest BCUT2D eigenvalue weighted by Gasteiger charge is -2.26. The summed E-state index contributed by atoms with van der Waals surface area (Å²) in [6.07, 6.45) is 2.79. The van der Waals surface area contributed by atoms with Crippen molar-refractivity contribution in [1.82, 2.24) is 0 Å². The molecule has 0 aromatic rings. The summed E-state index contributed by atoms with van der Waals surface area (Å²) in [4.78, 5) is 11.1. The number of rotatable bonds is 1. The monoisotopic (exact) mass is 168 g/mol. The van der Waals surface area contributed by atoms with E-state index in [2.05, 4.69) is 0 Å². The van der Waals surface area contributed by atoms with Gasteiger partial charge in [-0.05, 0) is 26.0 Å². The maximum atomic E-state index is 11.1. The topological polar surface area (TPSA) is 46.5 Å². The molecular weight excluding hydrogens is 156 g/mol. The van der Waals surface area contributed by atoms with Crippen molar-refractivity contribution in [2.24, 2.45) is 0 Å². The summed E-state index contributed by atoms with van der Waals surface area (Å²) in [5, 5.41) is 9.70. The molecule has 12 heavy (non-hydrogen) atoms. The van der Waals surface area contributed by atoms with Gasteiger partial charge in [0.05, 0.1) is 7.11 Å². The van der Waals surface area contributed by atoms with E-state index in [0.29, 0.717) is 11.3 Å². The van der Waals surface area contributed by atoms with Gasteiger partial charge in [-0.3, -0.25) is 4.79 Å². The molecule has 0 radical (unpaired) electrons. The van der Waals surface area contributed by atoms with E-state index in [1.807, 2.05) is 0 Å². The first kappa shape index (κ1) is 9.00. The fraction of sp³-hybridized carbons (Fsp3) is 0.444. The number of aliphatic hydroxyl groups is 1. The van der Waals surface area contributed by atoms with E-state index in [-0.39, 0.29) is 5.78 Å². The van der Waals surface area contributed by atoms with E-state index in [0.717, 1.165) is 0 Å². The molecule has 66 valence electrons. The van der Waals surface area contributed by atoms with E-state index < -0.39 is 5.60 Å². The zero-order valence-electron chi connectivity index (χ0n) is 7.42. The summed E-state index contributed by atoms with van der Waals surface area (Å²) in [7, 11) is 1.44. The molecular formula is C9H12O3. The van der Waals surface area contributed by atoms with Gasteiger partial charge in [-0.15, -0.1) is 0 Å². The van der Waals surface area contributed by atoms with Crippen molar-refractivity contribution in [3.8, 4) is 0 Å². The first-order valence-electron chi connectivity index (χ1n) is 3.70. The third-order valence-electron chi connectivity index (χ3n) is 1.93. The van der Waals surface area contributed by atoms with Crippen LogP contribution in [0.5, 0.6) is 0 Å². The van der Waals surface area contributed by atoms with Gasteiger partial charge in [0.25, 0.3) is 0 Å². The highest BCUT2D eigenvalue weighted by Gasteiger charge is 2.31. The number of hydrogen-bond donors (Lipinski definition) is 1. The van der Waals surface area contributed by atoms with Crippen LogP contribution in [0.25, 0.3) is 0 Å². The Morgan fingerprint density at radius 2 is 2.17 bits per heavy atom. The van der Waals surface area contributed by atoms with Crippen LogP contribution in [0.4, 0.5) is 0 Å². The van der Waals surface area contributed by atoms with Crippen LogP contribution in [-0.2, 0) is 9.53 Å². The molecule has 0 saturated carbocycles. The Morgan fingerprint density at radius 1 is 1.58 bits per heavy atom. The number of carbonyl (C=O) groups is 1. The van der Waals surface area contributed by atoms with Gasteiger partial charge < -0.3 is 9.84 Å². The Labute approximate surface area is 71.3 Å². The van der Waals surface area contributed by atoms with Crippen LogP contribution in [0.15, 0.2) is 23.5 Å². The fourth-order valence-electron chi connectivity index (χ4n) is 1.29. The van der Waals surface area contributed by atoms with Crippen molar-refractivity contribution in [3.63, 3.8) is 0 Å². The first-order valence-corrected chi connectivity index (χ1v) is 3.70. The van der Waals surface area contributed by atoms with Gasteiger partial charge in [0, 0.05) is 5.57 Å². The molecule has 0 spiro atoms. The molecule has 1 rings (SSSR count). The highest BCUT2D eigenvalue weighted by atomic mass is 16.5. The highest BCUT2D eigenvalue weighted by molar-refractivity contribution is 6.05. The molecule has 0 heterocycles. The van der Waals surface area contributed by atoms with Gasteiger partial charge in [-0.1, -0.05) is 0 Å². The van der Waals surface area contributed by atoms with E-state index in [1.54, 1.807) is 13.8 Å². The molecule has 0 aromatic heterocycles. The van der Waals surface area contributed by atoms with E-state index >= 15 is 0 Å². The summed E-state index contributed by atoms with van der Waals surface area (Å²) < 4.78 is 4.95. The van der Waals surface area contributed by atoms with Crippen molar-refractivity contribution >= 4 is 5.78 Å². The molecule has 0 saturated heterocycles. The lowest BCUT2D eigenvalue weighted by molar-refractivity contribution is -0.112. The molecule has 0 aliphatic heterocycles. The Morgan fingerprint density at radius 3 is 2.58 bits per heavy atom. The van der Waals surface area contributed by atoms with Gasteiger partial charge in [0.1, 0.15) is 11.4 Å². The van der Waals surface area contributed by atoms with Crippen molar-refractivity contribution in [2.45, 2.75) is 19.4 Å². The Bertz CT molecular complexity index is 271. The minimum atomic E-state index is -1.15. The second-order valence-electron chi connectivity index (χ2n) is 3.00. The van der Waals surface area contributed by atoms with Gasteiger partial charge in [0.2, 0.25) is 0 Å². The summed E-state index contributed by atoms with van der Waals surface area (Å²) >= 11 is 0. The van der Waals surface area contributed by atoms with Crippen molar-refractivity contribution in [3.05, 3.63) is 23.5 Å². The maximum absolute atomic E-state index is 11.1. The number of allylic oxidation sites excluding steroid dienone is 2. The van der Waals surface area contributed by atoms with Crippen molar-refractivity contribution < 1.29 is 14.6 Å². The molecule has 0 aromatic carbocycles. The molecule has 1 aliphatic rings. The smallest absolute Gasteiger partial charge is 0.184 e. The minimum Gasteiger partial charge on any atom is -0.497 e. The average molecular weight is 168 g/mol. The van der Waals surface area contributed by atoms with Gasteiger partial charge >= 0.3 is 0 Å². The molecule has 0 bridgehead atoms. The van der Waals surface area contributed by atoms with E-state index in [1.165, 1.54) is 19.3 Å². The number of hydrogen-bond acceptors (Lipinski definition) is 3. The van der Waals surface area contributed by atoms with Crippen LogP contribution >= 0.6 is 0 Å². The molecule has 1 atom stereocenters. The van der Waals surface area contributed by atoms with Gasteiger partial charge in [-0.25, -0.2) is 0 Å². The van der Waals surface area contributed by atoms with E-state index in [9.17, 15) is 9.90 Å². The number of ether oxygens (including phenoxy) is 1. The Hall–Kier alpha value is -1.09. The Balaban J connectivity index is 3.15. The zero-order chi connectivity index (χ0) is 9.35. The molecule has 1 unspecified atom stereocenters. The van der Waals surface area contributed by atoms with Crippen LogP contribution in [-0.4, -0.2) is 23.6 Å². The predicted octanol–water partition coefficient (Wildman–Crippen LogP) is 0.797. The maximum Gasteiger partial charge on any atom is 0.184 e. The average Bonchev–Trinajstić information content (AvgIpc) is 1.99. The van der Waals surface area contributed by atoms with Gasteiger partial charge in [-0.2, -0.15) is 0 Å². The van der Waals surface area contributed by atoms with Crippen LogP contribution in [0.3, 0.4) is 0 Å². The highest BCUT2D eigenvalue weighted by Crippen LogP contribution is 2.26. The van der Waals surface area contributed by atoms with Crippen molar-refractivity contribution in [2.75, 3.05) is 7.11 Å². The SMILES string of the molecule is COC1=C(C)C(=O)C=CC1(C)O. The summed E-state index contributed by atoms with van der Waals surface area (Å²) in [6.45, 7) is 3.22. The van der Waals surface area contributed by atoms with Gasteiger partial charge in [0.15, 0.2) is 5.78 Å². The molecule has 1 N–H and O–H groups in total. The third-order valence-corrected chi connectivity index (χ3v) is 1.93. The second-order valence-corrected chi connectivity index (χ2v) is 3.00. The third kappa shape index (κ3) is 1.28. The van der Waals surface area contributed by atoms with E-state index in [4.69, 9.17) is 4.74 Å².